The number of benzene rings is 2. The highest BCUT2D eigenvalue weighted by Gasteiger charge is 2.41. The van der Waals surface area contributed by atoms with Crippen molar-refractivity contribution in [2.24, 2.45) is 0 Å². The number of halogens is 12. The van der Waals surface area contributed by atoms with Crippen LogP contribution in [0, 0.1) is 11.8 Å². The smallest absolute Gasteiger partial charge is 0.345 e. The third-order valence-corrected chi connectivity index (χ3v) is 6.19. The molecule has 0 saturated carbocycles. The van der Waals surface area contributed by atoms with Gasteiger partial charge in [-0.25, -0.2) is 4.39 Å². The first-order valence-electron chi connectivity index (χ1n) is 11.4. The van der Waals surface area contributed by atoms with Crippen LogP contribution in [0.1, 0.15) is 52.4 Å². The van der Waals surface area contributed by atoms with E-state index in [4.69, 9.17) is 23.2 Å². The van der Waals surface area contributed by atoms with Crippen molar-refractivity contribution in [3.8, 4) is 11.8 Å². The fourth-order valence-corrected chi connectivity index (χ4v) is 3.83. The van der Waals surface area contributed by atoms with Gasteiger partial charge >= 0.3 is 18.5 Å². The van der Waals surface area contributed by atoms with Gasteiger partial charge in [-0.05, 0) is 49.8 Å². The fraction of sp³-hybridized carbons (Fsp3) is 0.308. The monoisotopic (exact) mass is 650 g/mol. The fourth-order valence-electron chi connectivity index (χ4n) is 3.44. The molecule has 0 spiro atoms. The number of hydrogen-bond donors (Lipinski definition) is 2. The van der Waals surface area contributed by atoms with Gasteiger partial charge in [0.1, 0.15) is 24.3 Å². The van der Waals surface area contributed by atoms with E-state index in [0.717, 1.165) is 19.1 Å². The van der Waals surface area contributed by atoms with Crippen molar-refractivity contribution in [3.63, 3.8) is 0 Å². The van der Waals surface area contributed by atoms with Crippen molar-refractivity contribution in [2.45, 2.75) is 44.3 Å². The lowest BCUT2D eigenvalue weighted by atomic mass is 9.94. The van der Waals surface area contributed by atoms with Crippen LogP contribution >= 0.6 is 23.2 Å². The molecule has 2 amide bonds. The third-order valence-electron chi connectivity index (χ3n) is 5.38. The first kappa shape index (κ1) is 34.8. The minimum Gasteiger partial charge on any atom is -0.345 e. The molecular weight excluding hydrogens is 633 g/mol. The predicted molar refractivity (Wildman–Crippen MR) is 134 cm³/mol. The average molecular weight is 651 g/mol. The summed E-state index contributed by atoms with van der Waals surface area (Å²) in [5, 5.41) is 2.71. The van der Waals surface area contributed by atoms with Gasteiger partial charge in [0.05, 0.1) is 21.2 Å². The summed E-state index contributed by atoms with van der Waals surface area (Å²) in [6, 6.07) is 1.07. The lowest BCUT2D eigenvalue weighted by Gasteiger charge is -2.20. The first-order valence-corrected chi connectivity index (χ1v) is 12.1. The zero-order valence-electron chi connectivity index (χ0n) is 21.2. The lowest BCUT2D eigenvalue weighted by Crippen LogP contribution is -2.47. The van der Waals surface area contributed by atoms with Crippen molar-refractivity contribution in [2.75, 3.05) is 6.54 Å². The summed E-state index contributed by atoms with van der Waals surface area (Å²) in [7, 11) is 0. The number of nitrogens with one attached hydrogen (secondary N) is 2. The minimum absolute atomic E-state index is 0.00497. The second kappa shape index (κ2) is 13.2. The van der Waals surface area contributed by atoms with Gasteiger partial charge in [-0.1, -0.05) is 35.2 Å². The summed E-state index contributed by atoms with van der Waals surface area (Å²) in [5.41, 5.74) is -4.68. The van der Waals surface area contributed by atoms with Crippen LogP contribution in [0.4, 0.5) is 43.9 Å². The van der Waals surface area contributed by atoms with E-state index in [1.54, 1.807) is 5.32 Å². The maximum absolute atomic E-state index is 15.1. The van der Waals surface area contributed by atoms with Crippen LogP contribution in [-0.2, 0) is 11.0 Å². The Kier molecular flexibility index (Phi) is 11.0. The molecule has 0 heterocycles. The highest BCUT2D eigenvalue weighted by Crippen LogP contribution is 2.42. The summed E-state index contributed by atoms with van der Waals surface area (Å²) in [4.78, 5) is 24.2. The normalized spacial score (nSPS) is 14.0. The molecule has 4 nitrogen and oxygen atoms in total. The van der Waals surface area contributed by atoms with E-state index in [2.05, 4.69) is 11.8 Å². The molecule has 2 atom stereocenters. The van der Waals surface area contributed by atoms with Gasteiger partial charge in [-0.15, -0.1) is 5.92 Å². The standard InChI is InChI=1S/C26H18Cl2F10N2O2/c1-3-4-14-7-15(9-19(27)21(14)28)17(25(33,34)35)10-20(29)13-5-6-16(18(8-13)26(36,37)38)23(42)40-12(2)22(41)39-11-24(30,31)32/h5-10,12,17H,11H2,1-2H3,(H,39,41)(H,40,42)/b20-10-/t12-,17?/m1/s1. The quantitative estimate of drug-likeness (QED) is 0.237. The van der Waals surface area contributed by atoms with Crippen LogP contribution in [0.2, 0.25) is 10.0 Å². The van der Waals surface area contributed by atoms with Gasteiger partial charge in [0.25, 0.3) is 5.91 Å². The highest BCUT2D eigenvalue weighted by atomic mass is 35.5. The number of carbonyl (C=O) groups is 2. The van der Waals surface area contributed by atoms with Crippen molar-refractivity contribution < 1.29 is 53.5 Å². The van der Waals surface area contributed by atoms with E-state index in [1.165, 1.54) is 12.2 Å². The number of rotatable bonds is 7. The molecule has 2 rings (SSSR count). The summed E-state index contributed by atoms with van der Waals surface area (Å²) in [5.74, 6) is -2.54. The van der Waals surface area contributed by atoms with Gasteiger partial charge < -0.3 is 10.6 Å². The second-order valence-electron chi connectivity index (χ2n) is 8.56. The highest BCUT2D eigenvalue weighted by molar-refractivity contribution is 6.42. The molecule has 0 fully saturated rings. The van der Waals surface area contributed by atoms with Crippen molar-refractivity contribution in [1.29, 1.82) is 0 Å². The van der Waals surface area contributed by atoms with E-state index >= 15 is 4.39 Å². The first-order chi connectivity index (χ1) is 19.2. The summed E-state index contributed by atoms with van der Waals surface area (Å²) in [6.07, 6.45) is -15.3. The maximum Gasteiger partial charge on any atom is 0.417 e. The summed E-state index contributed by atoms with van der Waals surface area (Å²) in [6.45, 7) is 0.489. The van der Waals surface area contributed by atoms with E-state index in [0.29, 0.717) is 12.1 Å². The minimum atomic E-state index is -5.34. The van der Waals surface area contributed by atoms with Gasteiger partial charge in [0.2, 0.25) is 5.91 Å². The third kappa shape index (κ3) is 9.29. The van der Waals surface area contributed by atoms with Crippen LogP contribution in [0.25, 0.3) is 5.83 Å². The summed E-state index contributed by atoms with van der Waals surface area (Å²) >= 11 is 11.8. The molecule has 0 bridgehead atoms. The number of allylic oxidation sites excluding steroid dienone is 1. The largest absolute Gasteiger partial charge is 0.417 e. The summed E-state index contributed by atoms with van der Waals surface area (Å²) < 4.78 is 135. The zero-order chi connectivity index (χ0) is 32.2. The molecule has 1 unspecified atom stereocenters. The molecule has 2 N–H and O–H groups in total. The molecule has 0 saturated heterocycles. The van der Waals surface area contributed by atoms with Crippen LogP contribution in [0.5, 0.6) is 0 Å². The Morgan fingerprint density at radius 2 is 1.62 bits per heavy atom. The molecule has 0 radical (unpaired) electrons. The molecule has 0 aliphatic rings. The number of amides is 2. The van der Waals surface area contributed by atoms with Crippen LogP contribution < -0.4 is 10.6 Å². The number of hydrogen-bond acceptors (Lipinski definition) is 2. The lowest BCUT2D eigenvalue weighted by molar-refractivity contribution is -0.140. The van der Waals surface area contributed by atoms with Gasteiger partial charge in [0.15, 0.2) is 0 Å². The van der Waals surface area contributed by atoms with Gasteiger partial charge in [0, 0.05) is 11.1 Å². The molecule has 0 aliphatic carbocycles. The van der Waals surface area contributed by atoms with Crippen molar-refractivity contribution in [3.05, 3.63) is 74.3 Å². The molecule has 16 heteroatoms. The van der Waals surface area contributed by atoms with Crippen molar-refractivity contribution >= 4 is 40.8 Å². The Hall–Kier alpha value is -3.44. The number of alkyl halides is 9. The van der Waals surface area contributed by atoms with Gasteiger partial charge in [-0.2, -0.15) is 39.5 Å². The van der Waals surface area contributed by atoms with Gasteiger partial charge in [-0.3, -0.25) is 9.59 Å². The van der Waals surface area contributed by atoms with Crippen molar-refractivity contribution in [1.82, 2.24) is 10.6 Å². The SMILES string of the molecule is CC#Cc1cc(C(/C=C(\F)c2ccc(C(=O)N[C@H](C)C(=O)NCC(F)(F)F)c(C(F)(F)F)c2)C(F)(F)F)cc(Cl)c1Cl. The molecule has 2 aromatic rings. The maximum atomic E-state index is 15.1. The molecule has 42 heavy (non-hydrogen) atoms. The second-order valence-corrected chi connectivity index (χ2v) is 9.34. The molecule has 0 aliphatic heterocycles. The van der Waals surface area contributed by atoms with Crippen LogP contribution in [-0.4, -0.2) is 36.8 Å². The predicted octanol–water partition coefficient (Wildman–Crippen LogP) is 7.84. The molecule has 228 valence electrons. The number of carbonyl (C=O) groups excluding carboxylic acids is 2. The Bertz CT molecular complexity index is 1440. The Labute approximate surface area is 242 Å². The van der Waals surface area contributed by atoms with E-state index in [-0.39, 0.29) is 27.8 Å². The average Bonchev–Trinajstić information content (AvgIpc) is 2.86. The van der Waals surface area contributed by atoms with E-state index in [9.17, 15) is 49.1 Å². The molecule has 2 aromatic carbocycles. The Morgan fingerprint density at radius 3 is 2.14 bits per heavy atom. The Balaban J connectivity index is 2.50. The van der Waals surface area contributed by atoms with E-state index < -0.39 is 76.9 Å². The van der Waals surface area contributed by atoms with E-state index in [1.807, 2.05) is 0 Å². The zero-order valence-corrected chi connectivity index (χ0v) is 22.7. The topological polar surface area (TPSA) is 58.2 Å². The molecular formula is C26H18Cl2F10N2O2. The molecule has 0 aromatic heterocycles. The van der Waals surface area contributed by atoms with Crippen LogP contribution in [0.15, 0.2) is 36.4 Å². The Morgan fingerprint density at radius 1 is 1.00 bits per heavy atom. The van der Waals surface area contributed by atoms with Crippen LogP contribution in [0.3, 0.4) is 0 Å².